The predicted molar refractivity (Wildman–Crippen MR) is 88.3 cm³/mol. The molecule has 0 spiro atoms. The molecule has 4 heteroatoms. The molecule has 0 unspecified atom stereocenters. The van der Waals surface area contributed by atoms with Crippen LogP contribution in [0.1, 0.15) is 48.5 Å². The van der Waals surface area contributed by atoms with E-state index in [-0.39, 0.29) is 5.97 Å². The summed E-state index contributed by atoms with van der Waals surface area (Å²) in [5.74, 6) is -0.307. The highest BCUT2D eigenvalue weighted by Gasteiger charge is 2.21. The van der Waals surface area contributed by atoms with Crippen molar-refractivity contribution in [3.8, 4) is 0 Å². The van der Waals surface area contributed by atoms with Crippen LogP contribution < -0.4 is 5.32 Å². The van der Waals surface area contributed by atoms with E-state index in [2.05, 4.69) is 10.3 Å². The molecule has 116 valence electrons. The smallest absolute Gasteiger partial charge is 0.341 e. The minimum absolute atomic E-state index is 0.307. The average Bonchev–Trinajstić information content (AvgIpc) is 3.01. The number of anilines is 1. The predicted octanol–water partition coefficient (Wildman–Crippen LogP) is 4.07. The summed E-state index contributed by atoms with van der Waals surface area (Å²) in [5, 5.41) is 4.58. The van der Waals surface area contributed by atoms with Crippen molar-refractivity contribution < 1.29 is 9.53 Å². The van der Waals surface area contributed by atoms with Crippen LogP contribution in [0.2, 0.25) is 0 Å². The monoisotopic (exact) mass is 298 g/mol. The molecule has 0 saturated heterocycles. The number of aryl methyl sites for hydroxylation is 1. The van der Waals surface area contributed by atoms with Crippen LogP contribution in [0, 0.1) is 6.92 Å². The van der Waals surface area contributed by atoms with Crippen LogP contribution in [0.15, 0.2) is 24.4 Å². The Labute approximate surface area is 130 Å². The maximum Gasteiger partial charge on any atom is 0.341 e. The van der Waals surface area contributed by atoms with Crippen LogP contribution in [-0.2, 0) is 4.74 Å². The van der Waals surface area contributed by atoms with Crippen LogP contribution in [0.3, 0.4) is 0 Å². The van der Waals surface area contributed by atoms with Crippen LogP contribution in [-0.4, -0.2) is 23.6 Å². The van der Waals surface area contributed by atoms with Gasteiger partial charge in [-0.3, -0.25) is 4.98 Å². The molecule has 0 amide bonds. The molecular weight excluding hydrogens is 276 g/mol. The number of fused-ring (bicyclic) bond motifs is 1. The van der Waals surface area contributed by atoms with Gasteiger partial charge < -0.3 is 10.1 Å². The van der Waals surface area contributed by atoms with E-state index < -0.39 is 0 Å². The zero-order chi connectivity index (χ0) is 15.5. The Morgan fingerprint density at radius 3 is 2.86 bits per heavy atom. The number of pyridine rings is 1. The highest BCUT2D eigenvalue weighted by atomic mass is 16.5. The standard InChI is InChI=1S/C18H22N2O2/c1-3-22-18(21)15-11-19-16-12(2)7-6-10-14(16)17(15)20-13-8-4-5-9-13/h6-7,10-11,13H,3-5,8-9H2,1-2H3,(H,19,20). The number of ether oxygens (including phenoxy) is 1. The summed E-state index contributed by atoms with van der Waals surface area (Å²) in [7, 11) is 0. The van der Waals surface area contributed by atoms with Gasteiger partial charge >= 0.3 is 5.97 Å². The number of hydrogen-bond acceptors (Lipinski definition) is 4. The molecule has 1 heterocycles. The number of hydrogen-bond donors (Lipinski definition) is 1. The molecular formula is C18H22N2O2. The Hall–Kier alpha value is -2.10. The van der Waals surface area contributed by atoms with E-state index in [1.54, 1.807) is 6.20 Å². The minimum atomic E-state index is -0.307. The lowest BCUT2D eigenvalue weighted by Gasteiger charge is -2.19. The molecule has 1 aromatic heterocycles. The molecule has 1 aliphatic rings. The lowest BCUT2D eigenvalue weighted by molar-refractivity contribution is 0.0527. The Morgan fingerprint density at radius 1 is 1.36 bits per heavy atom. The second-order valence-electron chi connectivity index (χ2n) is 5.86. The fourth-order valence-corrected chi connectivity index (χ4v) is 3.16. The third-order valence-corrected chi connectivity index (χ3v) is 4.30. The molecule has 1 aliphatic carbocycles. The number of nitrogens with one attached hydrogen (secondary N) is 1. The van der Waals surface area contributed by atoms with Crippen LogP contribution in [0.25, 0.3) is 10.9 Å². The number of carbonyl (C=O) groups excluding carboxylic acids is 1. The van der Waals surface area contributed by atoms with E-state index in [1.165, 1.54) is 12.8 Å². The number of nitrogens with zero attached hydrogens (tertiary/aromatic N) is 1. The second kappa shape index (κ2) is 6.34. The molecule has 2 aromatic rings. The maximum absolute atomic E-state index is 12.3. The summed E-state index contributed by atoms with van der Waals surface area (Å²) in [5.41, 5.74) is 3.46. The van der Waals surface area contributed by atoms with Crippen molar-refractivity contribution in [2.45, 2.75) is 45.6 Å². The van der Waals surface area contributed by atoms with Crippen LogP contribution in [0.5, 0.6) is 0 Å². The molecule has 0 atom stereocenters. The number of esters is 1. The molecule has 22 heavy (non-hydrogen) atoms. The molecule has 1 fully saturated rings. The first-order valence-corrected chi connectivity index (χ1v) is 8.02. The molecule has 0 bridgehead atoms. The Balaban J connectivity index is 2.10. The normalized spacial score (nSPS) is 15.2. The van der Waals surface area contributed by atoms with Gasteiger partial charge in [0.2, 0.25) is 0 Å². The van der Waals surface area contributed by atoms with E-state index in [9.17, 15) is 4.79 Å². The van der Waals surface area contributed by atoms with E-state index in [1.807, 2.05) is 32.0 Å². The summed E-state index contributed by atoms with van der Waals surface area (Å²) in [4.78, 5) is 16.7. The summed E-state index contributed by atoms with van der Waals surface area (Å²) in [6.45, 7) is 4.23. The molecule has 1 saturated carbocycles. The summed E-state index contributed by atoms with van der Waals surface area (Å²) >= 11 is 0. The molecule has 0 aliphatic heterocycles. The van der Waals surface area contributed by atoms with Crippen LogP contribution >= 0.6 is 0 Å². The van der Waals surface area contributed by atoms with Gasteiger partial charge in [0, 0.05) is 17.6 Å². The molecule has 4 nitrogen and oxygen atoms in total. The van der Waals surface area contributed by atoms with E-state index in [4.69, 9.17) is 4.74 Å². The van der Waals surface area contributed by atoms with E-state index >= 15 is 0 Å². The molecule has 1 N–H and O–H groups in total. The lowest BCUT2D eigenvalue weighted by atomic mass is 10.0. The zero-order valence-electron chi connectivity index (χ0n) is 13.2. The van der Waals surface area contributed by atoms with Gasteiger partial charge in [-0.15, -0.1) is 0 Å². The van der Waals surface area contributed by atoms with Crippen molar-refractivity contribution in [3.63, 3.8) is 0 Å². The van der Waals surface area contributed by atoms with Crippen molar-refractivity contribution in [2.75, 3.05) is 11.9 Å². The highest BCUT2D eigenvalue weighted by Crippen LogP contribution is 2.31. The fraction of sp³-hybridized carbons (Fsp3) is 0.444. The second-order valence-corrected chi connectivity index (χ2v) is 5.86. The highest BCUT2D eigenvalue weighted by molar-refractivity contribution is 6.05. The summed E-state index contributed by atoms with van der Waals surface area (Å²) < 4.78 is 5.19. The first kappa shape index (κ1) is 14.8. The number of benzene rings is 1. The largest absolute Gasteiger partial charge is 0.462 e. The first-order chi connectivity index (χ1) is 10.7. The van der Waals surface area contributed by atoms with Crippen molar-refractivity contribution in [1.29, 1.82) is 0 Å². The van der Waals surface area contributed by atoms with E-state index in [0.29, 0.717) is 18.2 Å². The molecule has 1 aromatic carbocycles. The van der Waals surface area contributed by atoms with Crippen molar-refractivity contribution in [1.82, 2.24) is 4.98 Å². The van der Waals surface area contributed by atoms with Gasteiger partial charge in [0.25, 0.3) is 0 Å². The number of aromatic nitrogens is 1. The fourth-order valence-electron chi connectivity index (χ4n) is 3.16. The van der Waals surface area contributed by atoms with Gasteiger partial charge in [-0.2, -0.15) is 0 Å². The Bertz CT molecular complexity index is 691. The summed E-state index contributed by atoms with van der Waals surface area (Å²) in [6, 6.07) is 6.50. The van der Waals surface area contributed by atoms with Gasteiger partial charge in [-0.05, 0) is 32.3 Å². The number of rotatable bonds is 4. The van der Waals surface area contributed by atoms with Crippen LogP contribution in [0.4, 0.5) is 5.69 Å². The van der Waals surface area contributed by atoms with Crippen molar-refractivity contribution >= 4 is 22.6 Å². The van der Waals surface area contributed by atoms with Gasteiger partial charge in [0.15, 0.2) is 0 Å². The quantitative estimate of drug-likeness (QED) is 0.864. The van der Waals surface area contributed by atoms with E-state index in [0.717, 1.165) is 35.0 Å². The van der Waals surface area contributed by atoms with Gasteiger partial charge in [0.05, 0.1) is 17.8 Å². The minimum Gasteiger partial charge on any atom is -0.462 e. The SMILES string of the molecule is CCOC(=O)c1cnc2c(C)cccc2c1NC1CCCC1. The Morgan fingerprint density at radius 2 is 2.14 bits per heavy atom. The van der Waals surface area contributed by atoms with Gasteiger partial charge in [-0.1, -0.05) is 31.0 Å². The third-order valence-electron chi connectivity index (χ3n) is 4.30. The van der Waals surface area contributed by atoms with Crippen molar-refractivity contribution in [3.05, 3.63) is 35.5 Å². The zero-order valence-corrected chi connectivity index (χ0v) is 13.2. The third kappa shape index (κ3) is 2.78. The maximum atomic E-state index is 12.3. The molecule has 3 rings (SSSR count). The Kier molecular flexibility index (Phi) is 4.27. The number of para-hydroxylation sites is 1. The average molecular weight is 298 g/mol. The molecule has 0 radical (unpaired) electrons. The van der Waals surface area contributed by atoms with Gasteiger partial charge in [-0.25, -0.2) is 4.79 Å². The van der Waals surface area contributed by atoms with Crippen molar-refractivity contribution in [2.24, 2.45) is 0 Å². The number of carbonyl (C=O) groups is 1. The first-order valence-electron chi connectivity index (χ1n) is 8.02. The lowest BCUT2D eigenvalue weighted by Crippen LogP contribution is -2.18. The van der Waals surface area contributed by atoms with Gasteiger partial charge in [0.1, 0.15) is 5.56 Å². The topological polar surface area (TPSA) is 51.2 Å². The summed E-state index contributed by atoms with van der Waals surface area (Å²) in [6.07, 6.45) is 6.43.